The van der Waals surface area contributed by atoms with E-state index in [2.05, 4.69) is 0 Å². The van der Waals surface area contributed by atoms with Crippen molar-refractivity contribution in [2.75, 3.05) is 20.8 Å². The predicted octanol–water partition coefficient (Wildman–Crippen LogP) is 3.66. The van der Waals surface area contributed by atoms with E-state index in [4.69, 9.17) is 14.2 Å². The lowest BCUT2D eigenvalue weighted by atomic mass is 10.1. The number of rotatable bonds is 7. The maximum Gasteiger partial charge on any atom is 0.338 e. The Hall–Kier alpha value is -3.67. The topological polar surface area (TPSA) is 78.9 Å². The Balaban J connectivity index is 1.94. The number of carbonyl (C=O) groups excluding carboxylic acids is 3. The molecule has 0 heterocycles. The first-order chi connectivity index (χ1) is 13.6. The lowest BCUT2D eigenvalue weighted by molar-refractivity contribution is 0.0602. The van der Waals surface area contributed by atoms with Crippen molar-refractivity contribution in [1.29, 1.82) is 0 Å². The molecule has 0 amide bonds. The number of carbonyl (C=O) groups is 3. The molecule has 1 aromatic carbocycles. The van der Waals surface area contributed by atoms with E-state index in [0.29, 0.717) is 34.3 Å². The Morgan fingerprint density at radius 2 is 1.64 bits per heavy atom. The molecule has 2 aliphatic rings. The van der Waals surface area contributed by atoms with Crippen molar-refractivity contribution in [2.45, 2.75) is 0 Å². The molecule has 0 N–H and O–H groups in total. The van der Waals surface area contributed by atoms with Gasteiger partial charge in [-0.05, 0) is 29.3 Å². The highest BCUT2D eigenvalue weighted by molar-refractivity contribution is 6.10. The zero-order valence-electron chi connectivity index (χ0n) is 15.4. The van der Waals surface area contributed by atoms with Crippen LogP contribution >= 0.6 is 0 Å². The van der Waals surface area contributed by atoms with E-state index < -0.39 is 5.97 Å². The molecular formula is C22H18O6. The van der Waals surface area contributed by atoms with Gasteiger partial charge >= 0.3 is 5.97 Å². The number of Topliss-reactive ketones (excluding diaryl/α,β-unsaturated/α-hetero) is 1. The van der Waals surface area contributed by atoms with Crippen molar-refractivity contribution in [1.82, 2.24) is 0 Å². The van der Waals surface area contributed by atoms with Gasteiger partial charge in [-0.2, -0.15) is 0 Å². The van der Waals surface area contributed by atoms with Gasteiger partial charge in [0, 0.05) is 5.56 Å². The van der Waals surface area contributed by atoms with Crippen molar-refractivity contribution in [3.8, 4) is 22.6 Å². The average Bonchev–Trinajstić information content (AvgIpc) is 2.92. The number of fused-ring (bicyclic) bond motifs is 1. The van der Waals surface area contributed by atoms with E-state index in [1.165, 1.54) is 20.3 Å². The molecule has 0 radical (unpaired) electrons. The van der Waals surface area contributed by atoms with Gasteiger partial charge in [-0.15, -0.1) is 0 Å². The summed E-state index contributed by atoms with van der Waals surface area (Å²) >= 11 is 0. The fourth-order valence-corrected chi connectivity index (χ4v) is 2.98. The Bertz CT molecular complexity index is 1010. The SMILES string of the molecule is COC(=O)c1cc(C(=O)COc2c(C=O)cccc2OC)c2cccccc1-2. The van der Waals surface area contributed by atoms with Gasteiger partial charge in [0.1, 0.15) is 0 Å². The number of benzene rings is 1. The molecule has 0 atom stereocenters. The van der Waals surface area contributed by atoms with Crippen LogP contribution in [0, 0.1) is 0 Å². The number of hydrogen-bond acceptors (Lipinski definition) is 6. The molecule has 0 saturated carbocycles. The monoisotopic (exact) mass is 378 g/mol. The molecule has 0 aromatic heterocycles. The van der Waals surface area contributed by atoms with Gasteiger partial charge in [0.05, 0.1) is 25.3 Å². The van der Waals surface area contributed by atoms with Gasteiger partial charge < -0.3 is 14.2 Å². The largest absolute Gasteiger partial charge is 0.493 e. The minimum Gasteiger partial charge on any atom is -0.493 e. The van der Waals surface area contributed by atoms with Gasteiger partial charge in [0.25, 0.3) is 0 Å². The Morgan fingerprint density at radius 3 is 2.29 bits per heavy atom. The third-order valence-corrected chi connectivity index (χ3v) is 4.32. The third-order valence-electron chi connectivity index (χ3n) is 4.32. The highest BCUT2D eigenvalue weighted by atomic mass is 16.5. The molecule has 28 heavy (non-hydrogen) atoms. The quantitative estimate of drug-likeness (QED) is 0.355. The maximum atomic E-state index is 12.9. The van der Waals surface area contributed by atoms with Crippen molar-refractivity contribution in [2.24, 2.45) is 0 Å². The summed E-state index contributed by atoms with van der Waals surface area (Å²) in [5.41, 5.74) is 2.17. The Kier molecular flexibility index (Phi) is 5.69. The molecule has 0 aliphatic heterocycles. The first-order valence-corrected chi connectivity index (χ1v) is 8.49. The standard InChI is InChI=1S/C22H18O6/c1-26-20-10-6-7-14(12-23)21(20)28-13-19(24)17-11-18(22(25)27-2)16-9-5-3-4-8-15(16)17/h3-12H,13H2,1-2H3. The Labute approximate surface area is 162 Å². The van der Waals surface area contributed by atoms with Crippen LogP contribution in [0.1, 0.15) is 31.1 Å². The van der Waals surface area contributed by atoms with Crippen LogP contribution in [0.15, 0.2) is 54.6 Å². The zero-order chi connectivity index (χ0) is 20.1. The second-order valence-electron chi connectivity index (χ2n) is 5.91. The lowest BCUT2D eigenvalue weighted by Crippen LogP contribution is -2.13. The normalized spacial score (nSPS) is 10.4. The number of ether oxygens (including phenoxy) is 3. The second kappa shape index (κ2) is 8.35. The number of aldehydes is 1. The van der Waals surface area contributed by atoms with Gasteiger partial charge in [0.2, 0.25) is 5.78 Å². The van der Waals surface area contributed by atoms with Gasteiger partial charge in [0.15, 0.2) is 24.4 Å². The summed E-state index contributed by atoms with van der Waals surface area (Å²) < 4.78 is 15.6. The number of hydrogen-bond donors (Lipinski definition) is 0. The zero-order valence-corrected chi connectivity index (χ0v) is 15.4. The number of esters is 1. The van der Waals surface area contributed by atoms with Crippen LogP contribution in [0.3, 0.4) is 0 Å². The van der Waals surface area contributed by atoms with E-state index in [1.54, 1.807) is 48.5 Å². The van der Waals surface area contributed by atoms with Crippen LogP contribution in [0.2, 0.25) is 0 Å². The highest BCUT2D eigenvalue weighted by Gasteiger charge is 2.24. The molecule has 6 heteroatoms. The smallest absolute Gasteiger partial charge is 0.338 e. The van der Waals surface area contributed by atoms with E-state index in [0.717, 1.165) is 0 Å². The van der Waals surface area contributed by atoms with Crippen molar-refractivity contribution >= 4 is 18.0 Å². The molecule has 6 nitrogen and oxygen atoms in total. The minimum absolute atomic E-state index is 0.197. The van der Waals surface area contributed by atoms with Crippen LogP contribution < -0.4 is 9.47 Å². The van der Waals surface area contributed by atoms with E-state index >= 15 is 0 Å². The second-order valence-corrected chi connectivity index (χ2v) is 5.91. The van der Waals surface area contributed by atoms with Crippen molar-refractivity contribution in [3.63, 3.8) is 0 Å². The summed E-state index contributed by atoms with van der Waals surface area (Å²) in [6.07, 6.45) is 0.635. The number of methoxy groups -OCH3 is 2. The molecule has 0 unspecified atom stereocenters. The van der Waals surface area contributed by atoms with E-state index in [9.17, 15) is 14.4 Å². The maximum absolute atomic E-state index is 12.9. The molecule has 0 spiro atoms. The van der Waals surface area contributed by atoms with E-state index in [-0.39, 0.29) is 23.7 Å². The molecule has 2 aliphatic carbocycles. The minimum atomic E-state index is -0.524. The number of ketones is 1. The molecule has 1 aromatic rings. The molecule has 142 valence electrons. The van der Waals surface area contributed by atoms with Crippen LogP contribution in [-0.4, -0.2) is 38.9 Å². The Morgan fingerprint density at radius 1 is 0.929 bits per heavy atom. The van der Waals surface area contributed by atoms with Gasteiger partial charge in [-0.1, -0.05) is 36.4 Å². The van der Waals surface area contributed by atoms with Crippen LogP contribution in [0.25, 0.3) is 11.1 Å². The summed E-state index contributed by atoms with van der Waals surface area (Å²) in [5.74, 6) is -0.312. The first kappa shape index (κ1) is 19.1. The molecule has 0 bridgehead atoms. The van der Waals surface area contributed by atoms with Crippen LogP contribution in [0.4, 0.5) is 0 Å². The number of para-hydroxylation sites is 1. The average molecular weight is 378 g/mol. The van der Waals surface area contributed by atoms with Crippen LogP contribution in [-0.2, 0) is 4.74 Å². The van der Waals surface area contributed by atoms with Gasteiger partial charge in [-0.25, -0.2) is 4.79 Å². The van der Waals surface area contributed by atoms with Crippen molar-refractivity contribution in [3.05, 3.63) is 71.3 Å². The molecule has 0 saturated heterocycles. The highest BCUT2D eigenvalue weighted by Crippen LogP contribution is 2.34. The first-order valence-electron chi connectivity index (χ1n) is 8.49. The summed E-state index contributed by atoms with van der Waals surface area (Å²) in [6, 6.07) is 15.3. The van der Waals surface area contributed by atoms with E-state index in [1.807, 2.05) is 0 Å². The lowest BCUT2D eigenvalue weighted by Gasteiger charge is -2.12. The fourth-order valence-electron chi connectivity index (χ4n) is 2.98. The molecule has 0 fully saturated rings. The summed E-state index contributed by atoms with van der Waals surface area (Å²) in [4.78, 5) is 36.2. The summed E-state index contributed by atoms with van der Waals surface area (Å²) in [5, 5.41) is 0. The van der Waals surface area contributed by atoms with Crippen molar-refractivity contribution < 1.29 is 28.6 Å². The van der Waals surface area contributed by atoms with Crippen LogP contribution in [0.5, 0.6) is 11.5 Å². The fraction of sp³-hybridized carbons (Fsp3) is 0.136. The molecule has 3 rings (SSSR count). The third kappa shape index (κ3) is 3.57. The molecular weight excluding hydrogens is 360 g/mol. The van der Waals surface area contributed by atoms with Gasteiger partial charge in [-0.3, -0.25) is 9.59 Å². The summed E-state index contributed by atoms with van der Waals surface area (Å²) in [6.45, 7) is -0.320. The predicted molar refractivity (Wildman–Crippen MR) is 103 cm³/mol. The summed E-state index contributed by atoms with van der Waals surface area (Å²) in [7, 11) is 2.74.